The zero-order valence-corrected chi connectivity index (χ0v) is 13.8. The lowest BCUT2D eigenvalue weighted by Crippen LogP contribution is -2.53. The Bertz CT molecular complexity index is 621. The van der Waals surface area contributed by atoms with Gasteiger partial charge in [0.05, 0.1) is 12.2 Å². The Hall–Kier alpha value is -1.13. The Labute approximate surface area is 136 Å². The molecule has 0 heterocycles. The molecule has 3 N–H and O–H groups in total. The monoisotopic (exact) mass is 318 g/mol. The first-order valence-corrected chi connectivity index (χ1v) is 8.81. The van der Waals surface area contributed by atoms with Gasteiger partial charge in [0.2, 0.25) is 5.78 Å². The van der Waals surface area contributed by atoms with Crippen LogP contribution in [0.1, 0.15) is 46.0 Å². The summed E-state index contributed by atoms with van der Waals surface area (Å²) >= 11 is 0. The van der Waals surface area contributed by atoms with E-state index >= 15 is 0 Å². The number of hydrogen-bond acceptors (Lipinski definition) is 4. The second-order valence-electron chi connectivity index (χ2n) is 8.54. The minimum Gasteiger partial charge on any atom is -0.504 e. The molecule has 7 atom stereocenters. The number of hydrogen-bond donors (Lipinski definition) is 3. The number of ketones is 1. The van der Waals surface area contributed by atoms with Crippen LogP contribution in [0.15, 0.2) is 23.5 Å². The first-order chi connectivity index (χ1) is 10.8. The Morgan fingerprint density at radius 3 is 2.61 bits per heavy atom. The maximum absolute atomic E-state index is 11.8. The van der Waals surface area contributed by atoms with E-state index in [-0.39, 0.29) is 17.3 Å². The van der Waals surface area contributed by atoms with Crippen LogP contribution < -0.4 is 0 Å². The van der Waals surface area contributed by atoms with Gasteiger partial charge >= 0.3 is 0 Å². The van der Waals surface area contributed by atoms with Gasteiger partial charge in [-0.2, -0.15) is 0 Å². The molecule has 0 amide bonds. The number of carbonyl (C=O) groups excluding carboxylic acids is 1. The quantitative estimate of drug-likeness (QED) is 0.641. The number of aliphatic hydroxyl groups excluding tert-OH is 3. The molecular weight excluding hydrogens is 292 g/mol. The van der Waals surface area contributed by atoms with Crippen LogP contribution in [0.3, 0.4) is 0 Å². The number of fused-ring (bicyclic) bond motifs is 5. The second kappa shape index (κ2) is 4.70. The van der Waals surface area contributed by atoms with Gasteiger partial charge in [-0.1, -0.05) is 13.8 Å². The van der Waals surface area contributed by atoms with Crippen LogP contribution in [0, 0.1) is 28.6 Å². The highest BCUT2D eigenvalue weighted by Gasteiger charge is 2.60. The van der Waals surface area contributed by atoms with Crippen molar-refractivity contribution in [2.24, 2.45) is 28.6 Å². The normalized spacial score (nSPS) is 52.2. The van der Waals surface area contributed by atoms with Gasteiger partial charge in [-0.25, -0.2) is 0 Å². The van der Waals surface area contributed by atoms with Gasteiger partial charge in [0.15, 0.2) is 5.76 Å². The van der Waals surface area contributed by atoms with Crippen molar-refractivity contribution in [1.82, 2.24) is 0 Å². The van der Waals surface area contributed by atoms with Crippen molar-refractivity contribution >= 4 is 5.78 Å². The molecule has 0 aliphatic heterocycles. The molecular formula is C19H26O4. The molecule has 0 spiro atoms. The SMILES string of the molecule is C[C@]12CC[C@H]3[C@@H](C[C@@H](O)C4=CC(=O)C(O)=C[C@@]43C)[C@@H]1CC[C@@H]2O. The molecule has 4 aliphatic rings. The number of aliphatic hydroxyl groups is 3. The van der Waals surface area contributed by atoms with Gasteiger partial charge in [-0.3, -0.25) is 4.79 Å². The van der Waals surface area contributed by atoms with Crippen LogP contribution in [-0.2, 0) is 4.79 Å². The van der Waals surface area contributed by atoms with Crippen LogP contribution in [0.25, 0.3) is 0 Å². The van der Waals surface area contributed by atoms with Gasteiger partial charge in [0.1, 0.15) is 0 Å². The largest absolute Gasteiger partial charge is 0.504 e. The average molecular weight is 318 g/mol. The average Bonchev–Trinajstić information content (AvgIpc) is 2.78. The molecule has 4 rings (SSSR count). The van der Waals surface area contributed by atoms with E-state index in [1.165, 1.54) is 6.08 Å². The predicted octanol–water partition coefficient (Wildman–Crippen LogP) is 2.51. The fraction of sp³-hybridized carbons (Fsp3) is 0.737. The number of carbonyl (C=O) groups is 1. The van der Waals surface area contributed by atoms with Crippen molar-refractivity contribution < 1.29 is 20.1 Å². The summed E-state index contributed by atoms with van der Waals surface area (Å²) in [5.74, 6) is 0.476. The molecule has 23 heavy (non-hydrogen) atoms. The van der Waals surface area contributed by atoms with Crippen molar-refractivity contribution in [2.75, 3.05) is 0 Å². The molecule has 0 saturated heterocycles. The van der Waals surface area contributed by atoms with Gasteiger partial charge in [0.25, 0.3) is 0 Å². The number of rotatable bonds is 0. The summed E-state index contributed by atoms with van der Waals surface area (Å²) in [7, 11) is 0. The van der Waals surface area contributed by atoms with E-state index in [1.807, 2.05) is 0 Å². The zero-order valence-electron chi connectivity index (χ0n) is 13.8. The summed E-state index contributed by atoms with van der Waals surface area (Å²) in [5.41, 5.74) is 0.271. The highest BCUT2D eigenvalue weighted by molar-refractivity contribution is 6.04. The Balaban J connectivity index is 1.76. The second-order valence-corrected chi connectivity index (χ2v) is 8.54. The summed E-state index contributed by atoms with van der Waals surface area (Å²) < 4.78 is 0. The highest BCUT2D eigenvalue weighted by Crippen LogP contribution is 2.64. The topological polar surface area (TPSA) is 77.8 Å². The third kappa shape index (κ3) is 1.88. The Morgan fingerprint density at radius 2 is 1.87 bits per heavy atom. The van der Waals surface area contributed by atoms with Crippen molar-refractivity contribution in [1.29, 1.82) is 0 Å². The minimum atomic E-state index is -0.630. The summed E-state index contributed by atoms with van der Waals surface area (Å²) in [6.07, 6.45) is 6.72. The van der Waals surface area contributed by atoms with E-state index in [9.17, 15) is 20.1 Å². The lowest BCUT2D eigenvalue weighted by Gasteiger charge is -2.57. The molecule has 126 valence electrons. The van der Waals surface area contributed by atoms with Gasteiger partial charge in [0, 0.05) is 5.41 Å². The fourth-order valence-corrected chi connectivity index (χ4v) is 6.30. The van der Waals surface area contributed by atoms with Gasteiger partial charge in [-0.15, -0.1) is 0 Å². The molecule has 0 unspecified atom stereocenters. The van der Waals surface area contributed by atoms with Crippen molar-refractivity contribution in [3.8, 4) is 0 Å². The molecule has 3 fully saturated rings. The van der Waals surface area contributed by atoms with E-state index in [4.69, 9.17) is 0 Å². The Kier molecular flexibility index (Phi) is 3.15. The van der Waals surface area contributed by atoms with Crippen LogP contribution in [0.4, 0.5) is 0 Å². The maximum atomic E-state index is 11.8. The minimum absolute atomic E-state index is 0.0469. The third-order valence-corrected chi connectivity index (χ3v) is 7.61. The third-order valence-electron chi connectivity index (χ3n) is 7.61. The predicted molar refractivity (Wildman–Crippen MR) is 85.6 cm³/mol. The lowest BCUT2D eigenvalue weighted by atomic mass is 9.48. The van der Waals surface area contributed by atoms with Crippen LogP contribution in [0.2, 0.25) is 0 Å². The summed E-state index contributed by atoms with van der Waals surface area (Å²) in [5, 5.41) is 31.1. The van der Waals surface area contributed by atoms with E-state index in [0.717, 1.165) is 31.3 Å². The zero-order chi connectivity index (χ0) is 16.6. The van der Waals surface area contributed by atoms with Crippen molar-refractivity contribution in [2.45, 2.75) is 58.2 Å². The maximum Gasteiger partial charge on any atom is 0.219 e. The molecule has 4 nitrogen and oxygen atoms in total. The first kappa shape index (κ1) is 15.4. The molecule has 0 radical (unpaired) electrons. The lowest BCUT2D eigenvalue weighted by molar-refractivity contribution is -0.115. The molecule has 0 aromatic heterocycles. The smallest absolute Gasteiger partial charge is 0.219 e. The van der Waals surface area contributed by atoms with E-state index in [1.54, 1.807) is 6.08 Å². The molecule has 0 aromatic rings. The van der Waals surface area contributed by atoms with Crippen molar-refractivity contribution in [3.63, 3.8) is 0 Å². The molecule has 4 aliphatic carbocycles. The number of allylic oxidation sites excluding steroid dienone is 2. The van der Waals surface area contributed by atoms with Crippen molar-refractivity contribution in [3.05, 3.63) is 23.5 Å². The molecule has 0 bridgehead atoms. The van der Waals surface area contributed by atoms with E-state index in [2.05, 4.69) is 13.8 Å². The highest BCUT2D eigenvalue weighted by atomic mass is 16.3. The summed E-state index contributed by atoms with van der Waals surface area (Å²) in [4.78, 5) is 11.8. The van der Waals surface area contributed by atoms with Gasteiger partial charge in [-0.05, 0) is 73.0 Å². The van der Waals surface area contributed by atoms with Crippen LogP contribution >= 0.6 is 0 Å². The van der Waals surface area contributed by atoms with E-state index in [0.29, 0.717) is 24.2 Å². The molecule has 0 aromatic carbocycles. The first-order valence-electron chi connectivity index (χ1n) is 8.81. The molecule has 4 heteroatoms. The summed E-state index contributed by atoms with van der Waals surface area (Å²) in [6.45, 7) is 4.25. The van der Waals surface area contributed by atoms with E-state index < -0.39 is 17.3 Å². The molecule has 3 saturated carbocycles. The van der Waals surface area contributed by atoms with Crippen LogP contribution in [-0.4, -0.2) is 33.3 Å². The van der Waals surface area contributed by atoms with Gasteiger partial charge < -0.3 is 15.3 Å². The standard InChI is InChI=1S/C19H26O4/c1-18-6-5-12-10(11(18)3-4-17(18)23)7-14(20)13-8-15(21)16(22)9-19(12,13)2/h8-12,14,17,20,22-23H,3-7H2,1-2H3/t10-,11-,12-,14+,17-,18-,19+/m0/s1. The van der Waals surface area contributed by atoms with Crippen LogP contribution in [0.5, 0.6) is 0 Å². The Morgan fingerprint density at radius 1 is 1.13 bits per heavy atom. The summed E-state index contributed by atoms with van der Waals surface area (Å²) in [6, 6.07) is 0. The fourth-order valence-electron chi connectivity index (χ4n) is 6.30.